The van der Waals surface area contributed by atoms with Crippen LogP contribution < -0.4 is 0 Å². The van der Waals surface area contributed by atoms with Gasteiger partial charge in [0.25, 0.3) is 0 Å². The molecule has 0 aliphatic carbocycles. The van der Waals surface area contributed by atoms with Crippen molar-refractivity contribution in [3.05, 3.63) is 41.3 Å². The molecule has 0 saturated heterocycles. The maximum atomic E-state index is 5.50. The quantitative estimate of drug-likeness (QED) is 0.635. The van der Waals surface area contributed by atoms with Crippen molar-refractivity contribution < 1.29 is 4.74 Å². The number of benzene rings is 1. The summed E-state index contributed by atoms with van der Waals surface area (Å²) in [6.45, 7) is 4.78. The summed E-state index contributed by atoms with van der Waals surface area (Å²) in [6.07, 6.45) is 2.05. The van der Waals surface area contributed by atoms with Gasteiger partial charge in [-0.25, -0.2) is 0 Å². The van der Waals surface area contributed by atoms with Gasteiger partial charge in [0, 0.05) is 11.6 Å². The minimum atomic E-state index is 0.677. The van der Waals surface area contributed by atoms with E-state index >= 15 is 0 Å². The smallest absolute Gasteiger partial charge is 0.128 e. The van der Waals surface area contributed by atoms with Gasteiger partial charge >= 0.3 is 0 Å². The van der Waals surface area contributed by atoms with Gasteiger partial charge in [0.05, 0.1) is 11.2 Å². The van der Waals surface area contributed by atoms with E-state index in [2.05, 4.69) is 42.0 Å². The van der Waals surface area contributed by atoms with Crippen molar-refractivity contribution in [2.45, 2.75) is 20.5 Å². The van der Waals surface area contributed by atoms with Crippen LogP contribution in [-0.2, 0) is 11.3 Å². The first-order chi connectivity index (χ1) is 7.24. The van der Waals surface area contributed by atoms with Gasteiger partial charge in [-0.2, -0.15) is 0 Å². The van der Waals surface area contributed by atoms with Crippen LogP contribution in [0.25, 0.3) is 17.1 Å². The molecule has 0 bridgehead atoms. The van der Waals surface area contributed by atoms with E-state index in [0.717, 1.165) is 5.76 Å². The lowest BCUT2D eigenvalue weighted by Gasteiger charge is -2.14. The number of ether oxygens (including phenoxy) is 1. The molecular weight excluding hydrogens is 186 g/mol. The number of aryl methyl sites for hydroxylation is 1. The van der Waals surface area contributed by atoms with Crippen LogP contribution in [0, 0.1) is 6.92 Å². The Morgan fingerprint density at radius 2 is 2.07 bits per heavy atom. The maximum absolute atomic E-state index is 5.50. The van der Waals surface area contributed by atoms with Crippen LogP contribution in [0.4, 0.5) is 0 Å². The normalized spacial score (nSPS) is 14.7. The second-order valence-electron chi connectivity index (χ2n) is 4.10. The van der Waals surface area contributed by atoms with Gasteiger partial charge in [-0.15, -0.1) is 0 Å². The zero-order valence-electron chi connectivity index (χ0n) is 8.95. The number of hydrogen-bond donors (Lipinski definition) is 0. The van der Waals surface area contributed by atoms with E-state index in [9.17, 15) is 0 Å². The van der Waals surface area contributed by atoms with Crippen molar-refractivity contribution in [2.24, 2.45) is 0 Å². The van der Waals surface area contributed by atoms with Crippen molar-refractivity contribution in [1.82, 2.24) is 4.57 Å². The topological polar surface area (TPSA) is 14.2 Å². The van der Waals surface area contributed by atoms with Crippen molar-refractivity contribution >= 4 is 17.1 Å². The third kappa shape index (κ3) is 1.25. The molecule has 0 spiro atoms. The fourth-order valence-electron chi connectivity index (χ4n) is 2.08. The van der Waals surface area contributed by atoms with E-state index in [4.69, 9.17) is 4.74 Å². The summed E-state index contributed by atoms with van der Waals surface area (Å²) in [4.78, 5) is 0. The molecule has 1 aromatic carbocycles. The number of aromatic nitrogens is 1. The molecule has 0 unspecified atom stereocenters. The van der Waals surface area contributed by atoms with E-state index in [0.29, 0.717) is 6.61 Å². The Balaban J connectivity index is 2.34. The molecule has 0 amide bonds. The Hall–Kier alpha value is -1.70. The zero-order chi connectivity index (χ0) is 10.4. The molecule has 2 nitrogen and oxygen atoms in total. The molecule has 0 radical (unpaired) electrons. The fraction of sp³-hybridized carbons (Fsp3) is 0.231. The van der Waals surface area contributed by atoms with Crippen molar-refractivity contribution in [1.29, 1.82) is 0 Å². The Kier molecular flexibility index (Phi) is 1.66. The van der Waals surface area contributed by atoms with E-state index in [1.54, 1.807) is 0 Å². The molecule has 2 aromatic rings. The monoisotopic (exact) mass is 199 g/mol. The summed E-state index contributed by atoms with van der Waals surface area (Å²) < 4.78 is 7.72. The number of fused-ring (bicyclic) bond motifs is 3. The van der Waals surface area contributed by atoms with Crippen molar-refractivity contribution in [3.63, 3.8) is 0 Å². The van der Waals surface area contributed by atoms with Crippen LogP contribution in [0.15, 0.2) is 30.0 Å². The third-order valence-corrected chi connectivity index (χ3v) is 2.83. The molecule has 0 saturated carbocycles. The molecule has 2 heteroatoms. The van der Waals surface area contributed by atoms with Crippen LogP contribution in [-0.4, -0.2) is 4.57 Å². The van der Waals surface area contributed by atoms with Crippen LogP contribution in [0.3, 0.4) is 0 Å². The first kappa shape index (κ1) is 8.60. The summed E-state index contributed by atoms with van der Waals surface area (Å²) in [5, 5.41) is 1.29. The molecule has 0 fully saturated rings. The summed E-state index contributed by atoms with van der Waals surface area (Å²) in [6, 6.07) is 8.73. The predicted molar refractivity (Wildman–Crippen MR) is 61.4 cm³/mol. The molecule has 1 aromatic heterocycles. The van der Waals surface area contributed by atoms with Crippen LogP contribution in [0.5, 0.6) is 0 Å². The highest BCUT2D eigenvalue weighted by Gasteiger charge is 2.12. The molecule has 3 rings (SSSR count). The minimum absolute atomic E-state index is 0.677. The van der Waals surface area contributed by atoms with Crippen molar-refractivity contribution in [2.75, 3.05) is 0 Å². The third-order valence-electron chi connectivity index (χ3n) is 2.83. The SMILES string of the molecule is CC1=Cn2c(cc3cc(C)ccc32)CO1. The lowest BCUT2D eigenvalue weighted by Crippen LogP contribution is -2.04. The Morgan fingerprint density at radius 1 is 1.20 bits per heavy atom. The van der Waals surface area contributed by atoms with Gasteiger partial charge in [-0.05, 0) is 32.0 Å². The minimum Gasteiger partial charge on any atom is -0.490 e. The lowest BCUT2D eigenvalue weighted by atomic mass is 10.2. The summed E-state index contributed by atoms with van der Waals surface area (Å²) in [5.74, 6) is 0.973. The van der Waals surface area contributed by atoms with Gasteiger partial charge in [0.15, 0.2) is 0 Å². The summed E-state index contributed by atoms with van der Waals surface area (Å²) >= 11 is 0. The Bertz CT molecular complexity index is 563. The molecular formula is C13H13NO. The average Bonchev–Trinajstić information content (AvgIpc) is 2.54. The second-order valence-corrected chi connectivity index (χ2v) is 4.10. The number of hydrogen-bond acceptors (Lipinski definition) is 1. The maximum Gasteiger partial charge on any atom is 0.128 e. The van der Waals surface area contributed by atoms with E-state index in [-0.39, 0.29) is 0 Å². The highest BCUT2D eigenvalue weighted by Crippen LogP contribution is 2.26. The van der Waals surface area contributed by atoms with Gasteiger partial charge in [0.1, 0.15) is 12.4 Å². The number of nitrogens with zero attached hydrogens (tertiary/aromatic N) is 1. The standard InChI is InChI=1S/C13H13NO/c1-9-3-4-13-11(5-9)6-12-8-15-10(2)7-14(12)13/h3-7H,8H2,1-2H3. The summed E-state index contributed by atoms with van der Waals surface area (Å²) in [7, 11) is 0. The van der Waals surface area contributed by atoms with E-state index in [1.165, 1.54) is 22.2 Å². The highest BCUT2D eigenvalue weighted by atomic mass is 16.5. The van der Waals surface area contributed by atoms with Crippen LogP contribution >= 0.6 is 0 Å². The summed E-state index contributed by atoms with van der Waals surface area (Å²) in [5.41, 5.74) is 3.78. The molecule has 0 N–H and O–H groups in total. The first-order valence-corrected chi connectivity index (χ1v) is 5.16. The first-order valence-electron chi connectivity index (χ1n) is 5.16. The Morgan fingerprint density at radius 3 is 2.93 bits per heavy atom. The lowest BCUT2D eigenvalue weighted by molar-refractivity contribution is 0.190. The highest BCUT2D eigenvalue weighted by molar-refractivity contribution is 5.84. The van der Waals surface area contributed by atoms with Crippen molar-refractivity contribution in [3.8, 4) is 0 Å². The number of allylic oxidation sites excluding steroid dienone is 1. The van der Waals surface area contributed by atoms with E-state index in [1.807, 2.05) is 6.92 Å². The van der Waals surface area contributed by atoms with Gasteiger partial charge in [-0.3, -0.25) is 0 Å². The average molecular weight is 199 g/mol. The van der Waals surface area contributed by atoms with Crippen LogP contribution in [0.2, 0.25) is 0 Å². The second kappa shape index (κ2) is 2.89. The van der Waals surface area contributed by atoms with Gasteiger partial charge < -0.3 is 9.30 Å². The molecule has 2 heterocycles. The fourth-order valence-corrected chi connectivity index (χ4v) is 2.08. The Labute approximate surface area is 88.8 Å². The van der Waals surface area contributed by atoms with Gasteiger partial charge in [-0.1, -0.05) is 11.6 Å². The number of rotatable bonds is 0. The van der Waals surface area contributed by atoms with Gasteiger partial charge in [0.2, 0.25) is 0 Å². The van der Waals surface area contributed by atoms with Crippen LogP contribution in [0.1, 0.15) is 18.2 Å². The largest absolute Gasteiger partial charge is 0.490 e. The zero-order valence-corrected chi connectivity index (χ0v) is 8.95. The predicted octanol–water partition coefficient (Wildman–Crippen LogP) is 3.30. The molecule has 15 heavy (non-hydrogen) atoms. The molecule has 76 valence electrons. The molecule has 1 aliphatic heterocycles. The molecule has 1 aliphatic rings. The van der Waals surface area contributed by atoms with E-state index < -0.39 is 0 Å². The molecule has 0 atom stereocenters.